The highest BCUT2D eigenvalue weighted by atomic mass is 16.5. The predicted octanol–water partition coefficient (Wildman–Crippen LogP) is 1.21. The minimum absolute atomic E-state index is 0.385. The Hall–Kier alpha value is -2.07. The lowest BCUT2D eigenvalue weighted by molar-refractivity contribution is 0.205. The van der Waals surface area contributed by atoms with E-state index in [1.54, 1.807) is 7.11 Å². The topological polar surface area (TPSA) is 97.3 Å². The van der Waals surface area contributed by atoms with Crippen LogP contribution < -0.4 is 15.4 Å². The van der Waals surface area contributed by atoms with Crippen molar-refractivity contribution in [3.63, 3.8) is 0 Å². The first-order valence-electron chi connectivity index (χ1n) is 6.58. The number of anilines is 2. The quantitative estimate of drug-likeness (QED) is 0.725. The fourth-order valence-electron chi connectivity index (χ4n) is 1.65. The van der Waals surface area contributed by atoms with Crippen molar-refractivity contribution in [3.05, 3.63) is 6.33 Å². The standard InChI is InChI=1S/C13H21N5O2/c1-3-8-20-13-11(15)12(16-10-17-13)18(6-4-5-14)7-9-19-2/h10H,3-4,6-9,15H2,1-2H3. The largest absolute Gasteiger partial charge is 0.476 e. The molecular weight excluding hydrogens is 258 g/mol. The van der Waals surface area contributed by atoms with Gasteiger partial charge in [0.05, 0.1) is 25.7 Å². The van der Waals surface area contributed by atoms with Gasteiger partial charge in [-0.2, -0.15) is 10.2 Å². The number of methoxy groups -OCH3 is 1. The number of nitrogens with zero attached hydrogens (tertiary/aromatic N) is 4. The monoisotopic (exact) mass is 279 g/mol. The van der Waals surface area contributed by atoms with Gasteiger partial charge in [-0.05, 0) is 6.42 Å². The molecule has 0 saturated heterocycles. The van der Waals surface area contributed by atoms with Crippen molar-refractivity contribution in [2.45, 2.75) is 19.8 Å². The van der Waals surface area contributed by atoms with Crippen LogP contribution in [0.3, 0.4) is 0 Å². The lowest BCUT2D eigenvalue weighted by Crippen LogP contribution is -2.30. The molecule has 1 aromatic heterocycles. The van der Waals surface area contributed by atoms with Gasteiger partial charge in [-0.25, -0.2) is 4.98 Å². The van der Waals surface area contributed by atoms with E-state index in [2.05, 4.69) is 16.0 Å². The van der Waals surface area contributed by atoms with Gasteiger partial charge < -0.3 is 20.1 Å². The van der Waals surface area contributed by atoms with Gasteiger partial charge in [0.2, 0.25) is 5.88 Å². The van der Waals surface area contributed by atoms with Gasteiger partial charge in [0.1, 0.15) is 12.0 Å². The molecule has 0 aliphatic rings. The van der Waals surface area contributed by atoms with Gasteiger partial charge in [0.15, 0.2) is 5.82 Å². The van der Waals surface area contributed by atoms with E-state index in [4.69, 9.17) is 20.5 Å². The molecule has 0 spiro atoms. The molecule has 0 radical (unpaired) electrons. The third kappa shape index (κ3) is 4.55. The molecule has 0 bridgehead atoms. The smallest absolute Gasteiger partial charge is 0.242 e. The Bertz CT molecular complexity index is 447. The van der Waals surface area contributed by atoms with Crippen LogP contribution in [0.25, 0.3) is 0 Å². The van der Waals surface area contributed by atoms with Gasteiger partial charge in [-0.3, -0.25) is 0 Å². The molecule has 0 aliphatic heterocycles. The maximum absolute atomic E-state index is 8.73. The second kappa shape index (κ2) is 8.93. The number of hydrogen-bond donors (Lipinski definition) is 1. The molecule has 7 heteroatoms. The van der Waals surface area contributed by atoms with Crippen LogP contribution in [0.15, 0.2) is 6.33 Å². The molecule has 0 aromatic carbocycles. The predicted molar refractivity (Wildman–Crippen MR) is 76.5 cm³/mol. The Balaban J connectivity index is 2.90. The maximum atomic E-state index is 8.73. The second-order valence-electron chi connectivity index (χ2n) is 4.15. The van der Waals surface area contributed by atoms with E-state index in [0.717, 1.165) is 6.42 Å². The van der Waals surface area contributed by atoms with Crippen LogP contribution in [-0.2, 0) is 4.74 Å². The number of nitriles is 1. The molecule has 1 rings (SSSR count). The van der Waals surface area contributed by atoms with Crippen molar-refractivity contribution in [1.29, 1.82) is 5.26 Å². The first-order chi connectivity index (χ1) is 9.74. The summed E-state index contributed by atoms with van der Waals surface area (Å²) in [5.41, 5.74) is 6.45. The summed E-state index contributed by atoms with van der Waals surface area (Å²) in [5, 5.41) is 8.73. The number of nitrogen functional groups attached to an aromatic ring is 1. The van der Waals surface area contributed by atoms with E-state index in [1.165, 1.54) is 6.33 Å². The average molecular weight is 279 g/mol. The number of rotatable bonds is 9. The lowest BCUT2D eigenvalue weighted by atomic mass is 10.3. The third-order valence-corrected chi connectivity index (χ3v) is 2.63. The summed E-state index contributed by atoms with van der Waals surface area (Å²) in [4.78, 5) is 10.1. The Morgan fingerprint density at radius 1 is 1.35 bits per heavy atom. The number of hydrogen-bond acceptors (Lipinski definition) is 7. The Morgan fingerprint density at radius 3 is 2.80 bits per heavy atom. The summed E-state index contributed by atoms with van der Waals surface area (Å²) >= 11 is 0. The van der Waals surface area contributed by atoms with Crippen molar-refractivity contribution < 1.29 is 9.47 Å². The zero-order valence-corrected chi connectivity index (χ0v) is 12.0. The molecule has 0 fully saturated rings. The summed E-state index contributed by atoms with van der Waals surface area (Å²) < 4.78 is 10.6. The summed E-state index contributed by atoms with van der Waals surface area (Å²) in [5.74, 6) is 0.967. The van der Waals surface area contributed by atoms with Crippen LogP contribution in [0.1, 0.15) is 19.8 Å². The number of nitrogens with two attached hydrogens (primary N) is 1. The summed E-state index contributed by atoms with van der Waals surface area (Å²) in [6.45, 7) is 4.23. The van der Waals surface area contributed by atoms with Gasteiger partial charge in [0, 0.05) is 20.2 Å². The van der Waals surface area contributed by atoms with E-state index < -0.39 is 0 Å². The van der Waals surface area contributed by atoms with Crippen molar-refractivity contribution in [2.24, 2.45) is 0 Å². The molecule has 110 valence electrons. The summed E-state index contributed by atoms with van der Waals surface area (Å²) in [6.07, 6.45) is 2.68. The van der Waals surface area contributed by atoms with E-state index >= 15 is 0 Å². The maximum Gasteiger partial charge on any atom is 0.242 e. The zero-order chi connectivity index (χ0) is 14.8. The fraction of sp³-hybridized carbons (Fsp3) is 0.615. The van der Waals surface area contributed by atoms with E-state index in [0.29, 0.717) is 50.1 Å². The van der Waals surface area contributed by atoms with Crippen LogP contribution in [0, 0.1) is 11.3 Å². The first-order valence-corrected chi connectivity index (χ1v) is 6.58. The van der Waals surface area contributed by atoms with Crippen LogP contribution in [0.5, 0.6) is 5.88 Å². The van der Waals surface area contributed by atoms with Crippen molar-refractivity contribution in [1.82, 2.24) is 9.97 Å². The van der Waals surface area contributed by atoms with Crippen LogP contribution >= 0.6 is 0 Å². The molecular formula is C13H21N5O2. The van der Waals surface area contributed by atoms with Crippen LogP contribution in [-0.4, -0.2) is 43.4 Å². The minimum atomic E-state index is 0.385. The molecule has 0 amide bonds. The zero-order valence-electron chi connectivity index (χ0n) is 12.0. The van der Waals surface area contributed by atoms with Crippen molar-refractivity contribution in [2.75, 3.05) is 44.0 Å². The molecule has 1 aromatic rings. The first kappa shape index (κ1) is 16.0. The third-order valence-electron chi connectivity index (χ3n) is 2.63. The van der Waals surface area contributed by atoms with Gasteiger partial charge >= 0.3 is 0 Å². The normalized spacial score (nSPS) is 10.1. The van der Waals surface area contributed by atoms with Gasteiger partial charge in [-0.15, -0.1) is 0 Å². The van der Waals surface area contributed by atoms with Crippen LogP contribution in [0.2, 0.25) is 0 Å². The molecule has 2 N–H and O–H groups in total. The molecule has 0 atom stereocenters. The van der Waals surface area contributed by atoms with Crippen LogP contribution in [0.4, 0.5) is 11.5 Å². The summed E-state index contributed by atoms with van der Waals surface area (Å²) in [7, 11) is 1.63. The van der Waals surface area contributed by atoms with Crippen molar-refractivity contribution in [3.8, 4) is 11.9 Å². The molecule has 1 heterocycles. The molecule has 0 aliphatic carbocycles. The number of aromatic nitrogens is 2. The molecule has 0 saturated carbocycles. The van der Waals surface area contributed by atoms with E-state index in [9.17, 15) is 0 Å². The average Bonchev–Trinajstić information content (AvgIpc) is 2.47. The second-order valence-corrected chi connectivity index (χ2v) is 4.15. The molecule has 20 heavy (non-hydrogen) atoms. The number of ether oxygens (including phenoxy) is 2. The van der Waals surface area contributed by atoms with E-state index in [-0.39, 0.29) is 0 Å². The van der Waals surface area contributed by atoms with Gasteiger partial charge in [-0.1, -0.05) is 6.92 Å². The SMILES string of the molecule is CCCOc1ncnc(N(CCC#N)CCOC)c1N. The molecule has 7 nitrogen and oxygen atoms in total. The minimum Gasteiger partial charge on any atom is -0.476 e. The Labute approximate surface area is 119 Å². The highest BCUT2D eigenvalue weighted by Gasteiger charge is 2.15. The highest BCUT2D eigenvalue weighted by Crippen LogP contribution is 2.27. The molecule has 0 unspecified atom stereocenters. The Kier molecular flexibility index (Phi) is 7.14. The fourth-order valence-corrected chi connectivity index (χ4v) is 1.65. The van der Waals surface area contributed by atoms with Gasteiger partial charge in [0.25, 0.3) is 0 Å². The van der Waals surface area contributed by atoms with Crippen molar-refractivity contribution >= 4 is 11.5 Å². The lowest BCUT2D eigenvalue weighted by Gasteiger charge is -2.24. The summed E-state index contributed by atoms with van der Waals surface area (Å²) in [6, 6.07) is 2.11. The highest BCUT2D eigenvalue weighted by molar-refractivity contribution is 5.67. The Morgan fingerprint density at radius 2 is 2.15 bits per heavy atom. The van der Waals surface area contributed by atoms with E-state index in [1.807, 2.05) is 11.8 Å².